The minimum Gasteiger partial charge on any atom is -0.506 e. The van der Waals surface area contributed by atoms with Gasteiger partial charge in [-0.3, -0.25) is 4.79 Å². The summed E-state index contributed by atoms with van der Waals surface area (Å²) in [5.41, 5.74) is -2.59. The third-order valence-corrected chi connectivity index (χ3v) is 1.81. The van der Waals surface area contributed by atoms with Crippen LogP contribution in [-0.2, 0) is 4.74 Å². The van der Waals surface area contributed by atoms with Crippen molar-refractivity contribution in [2.24, 2.45) is 0 Å². The molecule has 16 heavy (non-hydrogen) atoms. The van der Waals surface area contributed by atoms with Gasteiger partial charge in [0.1, 0.15) is 5.75 Å². The van der Waals surface area contributed by atoms with Crippen LogP contribution in [0, 0.1) is 0 Å². The Hall–Kier alpha value is -1.92. The van der Waals surface area contributed by atoms with Gasteiger partial charge in [-0.25, -0.2) is 13.6 Å². The number of hydrogen-bond acceptors (Lipinski definition) is 4. The second-order valence-corrected chi connectivity index (χ2v) is 2.82. The maximum Gasteiger partial charge on any atom is 0.347 e. The minimum atomic E-state index is -3.00. The molecule has 1 rings (SSSR count). The first kappa shape index (κ1) is 12.2. The van der Waals surface area contributed by atoms with Gasteiger partial charge in [-0.2, -0.15) is 0 Å². The summed E-state index contributed by atoms with van der Waals surface area (Å²) in [6.45, 7) is 1.46. The average Bonchev–Trinajstić information content (AvgIpc) is 2.17. The largest absolute Gasteiger partial charge is 0.506 e. The Morgan fingerprint density at radius 1 is 1.62 bits per heavy atom. The van der Waals surface area contributed by atoms with Crippen molar-refractivity contribution in [1.29, 1.82) is 0 Å². The Labute approximate surface area is 88.7 Å². The lowest BCUT2D eigenvalue weighted by atomic mass is 10.1. The van der Waals surface area contributed by atoms with Crippen LogP contribution >= 0.6 is 0 Å². The monoisotopic (exact) mass is 233 g/mol. The molecule has 0 unspecified atom stereocenters. The first-order valence-electron chi connectivity index (χ1n) is 4.38. The van der Waals surface area contributed by atoms with Gasteiger partial charge >= 0.3 is 5.97 Å². The number of aromatic hydroxyl groups is 1. The van der Waals surface area contributed by atoms with Crippen LogP contribution in [0.3, 0.4) is 0 Å². The van der Waals surface area contributed by atoms with Gasteiger partial charge in [-0.15, -0.1) is 0 Å². The highest BCUT2D eigenvalue weighted by Gasteiger charge is 2.23. The summed E-state index contributed by atoms with van der Waals surface area (Å²) in [6.07, 6.45) is -2.34. The Bertz CT molecular complexity index is 455. The van der Waals surface area contributed by atoms with Crippen molar-refractivity contribution >= 4 is 5.97 Å². The number of nitrogens with one attached hydrogen (secondary N) is 1. The van der Waals surface area contributed by atoms with Crippen molar-refractivity contribution in [2.75, 3.05) is 6.61 Å². The fourth-order valence-electron chi connectivity index (χ4n) is 1.09. The average molecular weight is 233 g/mol. The SMILES string of the molecule is CCOC(=O)c1c(O)c(C(F)F)c[nH]c1=O. The summed E-state index contributed by atoms with van der Waals surface area (Å²) in [5, 5.41) is 9.34. The molecule has 88 valence electrons. The summed E-state index contributed by atoms with van der Waals surface area (Å²) >= 11 is 0. The summed E-state index contributed by atoms with van der Waals surface area (Å²) in [5.74, 6) is -2.18. The smallest absolute Gasteiger partial charge is 0.347 e. The fourth-order valence-corrected chi connectivity index (χ4v) is 1.09. The van der Waals surface area contributed by atoms with Crippen LogP contribution < -0.4 is 5.56 Å². The van der Waals surface area contributed by atoms with Crippen molar-refractivity contribution in [1.82, 2.24) is 4.98 Å². The molecule has 0 aliphatic heterocycles. The van der Waals surface area contributed by atoms with Gasteiger partial charge in [0.25, 0.3) is 12.0 Å². The molecule has 0 saturated carbocycles. The number of rotatable bonds is 3. The molecule has 7 heteroatoms. The quantitative estimate of drug-likeness (QED) is 0.768. The molecule has 0 aliphatic carbocycles. The molecule has 1 aromatic rings. The number of ether oxygens (including phenoxy) is 1. The Kier molecular flexibility index (Phi) is 3.60. The molecule has 0 saturated heterocycles. The van der Waals surface area contributed by atoms with E-state index in [2.05, 4.69) is 4.74 Å². The van der Waals surface area contributed by atoms with Crippen molar-refractivity contribution in [3.8, 4) is 5.75 Å². The molecule has 2 N–H and O–H groups in total. The van der Waals surface area contributed by atoms with Gasteiger partial charge in [0.15, 0.2) is 5.56 Å². The number of pyridine rings is 1. The molecule has 1 heterocycles. The van der Waals surface area contributed by atoms with Crippen molar-refractivity contribution in [2.45, 2.75) is 13.3 Å². The van der Waals surface area contributed by atoms with Crippen LogP contribution in [0.2, 0.25) is 0 Å². The first-order valence-corrected chi connectivity index (χ1v) is 4.38. The van der Waals surface area contributed by atoms with Gasteiger partial charge in [0, 0.05) is 6.20 Å². The molecule has 0 atom stereocenters. The van der Waals surface area contributed by atoms with E-state index in [4.69, 9.17) is 0 Å². The van der Waals surface area contributed by atoms with Gasteiger partial charge in [-0.05, 0) is 6.92 Å². The Morgan fingerprint density at radius 2 is 2.25 bits per heavy atom. The highest BCUT2D eigenvalue weighted by atomic mass is 19.3. The van der Waals surface area contributed by atoms with Gasteiger partial charge in [0.05, 0.1) is 12.2 Å². The zero-order chi connectivity index (χ0) is 12.3. The molecular weight excluding hydrogens is 224 g/mol. The van der Waals surface area contributed by atoms with E-state index >= 15 is 0 Å². The second kappa shape index (κ2) is 4.73. The number of carbonyl (C=O) groups excluding carboxylic acids is 1. The van der Waals surface area contributed by atoms with Gasteiger partial charge in [-0.1, -0.05) is 0 Å². The predicted octanol–water partition coefficient (Wildman–Crippen LogP) is 1.19. The lowest BCUT2D eigenvalue weighted by molar-refractivity contribution is 0.0519. The molecule has 0 radical (unpaired) electrons. The third kappa shape index (κ3) is 2.18. The van der Waals surface area contributed by atoms with Crippen LogP contribution in [0.1, 0.15) is 29.3 Å². The molecule has 0 spiro atoms. The van der Waals surface area contributed by atoms with E-state index in [1.807, 2.05) is 4.98 Å². The normalized spacial score (nSPS) is 10.5. The Morgan fingerprint density at radius 3 is 2.75 bits per heavy atom. The summed E-state index contributed by atoms with van der Waals surface area (Å²) < 4.78 is 29.2. The molecular formula is C9H9F2NO4. The van der Waals surface area contributed by atoms with E-state index in [-0.39, 0.29) is 6.61 Å². The topological polar surface area (TPSA) is 79.4 Å². The molecule has 0 aromatic carbocycles. The van der Waals surface area contributed by atoms with E-state index < -0.39 is 34.8 Å². The maximum absolute atomic E-state index is 12.4. The number of esters is 1. The summed E-state index contributed by atoms with van der Waals surface area (Å²) in [6, 6.07) is 0. The molecule has 1 aromatic heterocycles. The number of alkyl halides is 2. The van der Waals surface area contributed by atoms with E-state index in [9.17, 15) is 23.5 Å². The van der Waals surface area contributed by atoms with E-state index in [0.717, 1.165) is 0 Å². The zero-order valence-corrected chi connectivity index (χ0v) is 8.29. The standard InChI is InChI=1S/C9H9F2NO4/c1-2-16-9(15)5-6(13)4(7(10)11)3-12-8(5)14/h3,7H,2H2,1H3,(H2,12,13,14). The lowest BCUT2D eigenvalue weighted by Crippen LogP contribution is -2.20. The molecule has 0 amide bonds. The maximum atomic E-state index is 12.4. The number of aromatic nitrogens is 1. The number of hydrogen-bond donors (Lipinski definition) is 2. The van der Waals surface area contributed by atoms with Crippen LogP contribution in [0.4, 0.5) is 8.78 Å². The third-order valence-electron chi connectivity index (χ3n) is 1.81. The van der Waals surface area contributed by atoms with Gasteiger partial charge in [0.2, 0.25) is 0 Å². The highest BCUT2D eigenvalue weighted by Crippen LogP contribution is 2.28. The van der Waals surface area contributed by atoms with Crippen LogP contribution in [-0.4, -0.2) is 22.7 Å². The zero-order valence-electron chi connectivity index (χ0n) is 8.29. The number of H-pyrrole nitrogens is 1. The van der Waals surface area contributed by atoms with Crippen molar-refractivity contribution in [3.05, 3.63) is 27.7 Å². The summed E-state index contributed by atoms with van der Waals surface area (Å²) in [7, 11) is 0. The van der Waals surface area contributed by atoms with Gasteiger partial charge < -0.3 is 14.8 Å². The van der Waals surface area contributed by atoms with Crippen molar-refractivity contribution < 1.29 is 23.4 Å². The van der Waals surface area contributed by atoms with Crippen LogP contribution in [0.15, 0.2) is 11.0 Å². The molecule has 0 bridgehead atoms. The summed E-state index contributed by atoms with van der Waals surface area (Å²) in [4.78, 5) is 24.3. The van der Waals surface area contributed by atoms with E-state index in [0.29, 0.717) is 6.20 Å². The number of carbonyl (C=O) groups is 1. The highest BCUT2D eigenvalue weighted by molar-refractivity contribution is 5.92. The fraction of sp³-hybridized carbons (Fsp3) is 0.333. The Balaban J connectivity index is 3.32. The van der Waals surface area contributed by atoms with Crippen LogP contribution in [0.25, 0.3) is 0 Å². The van der Waals surface area contributed by atoms with Crippen LogP contribution in [0.5, 0.6) is 5.75 Å². The lowest BCUT2D eigenvalue weighted by Gasteiger charge is -2.07. The molecule has 0 fully saturated rings. The minimum absolute atomic E-state index is 0.0311. The molecule has 0 aliphatic rings. The number of aromatic amines is 1. The van der Waals surface area contributed by atoms with E-state index in [1.54, 1.807) is 0 Å². The van der Waals surface area contributed by atoms with Crippen molar-refractivity contribution in [3.63, 3.8) is 0 Å². The predicted molar refractivity (Wildman–Crippen MR) is 49.6 cm³/mol. The first-order chi connectivity index (χ1) is 7.49. The molecule has 5 nitrogen and oxygen atoms in total. The number of halogens is 2. The van der Waals surface area contributed by atoms with E-state index in [1.165, 1.54) is 6.92 Å². The second-order valence-electron chi connectivity index (χ2n) is 2.82.